The van der Waals surface area contributed by atoms with Gasteiger partial charge in [-0.1, -0.05) is 57.2 Å². The molecule has 0 saturated carbocycles. The maximum Gasteiger partial charge on any atom is 0.269 e. The number of carbonyl (C=O) groups is 3. The van der Waals surface area contributed by atoms with Gasteiger partial charge in [0.1, 0.15) is 17.5 Å². The fourth-order valence-corrected chi connectivity index (χ4v) is 5.43. The van der Waals surface area contributed by atoms with Gasteiger partial charge in [0.25, 0.3) is 15.9 Å². The van der Waals surface area contributed by atoms with Crippen LogP contribution in [-0.4, -0.2) is 54.5 Å². The van der Waals surface area contributed by atoms with Crippen molar-refractivity contribution in [2.75, 3.05) is 13.1 Å². The second-order valence-corrected chi connectivity index (χ2v) is 10.7. The number of hydrogen-bond acceptors (Lipinski definition) is 5. The Labute approximate surface area is 201 Å². The van der Waals surface area contributed by atoms with Crippen molar-refractivity contribution in [3.63, 3.8) is 0 Å². The van der Waals surface area contributed by atoms with Crippen molar-refractivity contribution in [1.29, 1.82) is 0 Å². The zero-order chi connectivity index (χ0) is 25.0. The summed E-state index contributed by atoms with van der Waals surface area (Å²) in [7, 11) is -4.14. The van der Waals surface area contributed by atoms with Crippen LogP contribution in [0.15, 0.2) is 53.4 Å². The Balaban J connectivity index is 1.92. The Kier molecular flexibility index (Phi) is 7.76. The monoisotopic (exact) mass is 485 g/mol. The largest absolute Gasteiger partial charge is 0.354 e. The highest BCUT2D eigenvalue weighted by atomic mass is 32.2. The molecule has 0 fully saturated rings. The Morgan fingerprint density at radius 1 is 1.06 bits per heavy atom. The van der Waals surface area contributed by atoms with Gasteiger partial charge in [-0.2, -0.15) is 0 Å². The third-order valence-corrected chi connectivity index (χ3v) is 7.65. The van der Waals surface area contributed by atoms with Crippen molar-refractivity contribution < 1.29 is 22.8 Å². The number of nitrogens with one attached hydrogen (secondary N) is 1. The van der Waals surface area contributed by atoms with E-state index in [1.165, 1.54) is 23.1 Å². The first kappa shape index (κ1) is 25.4. The van der Waals surface area contributed by atoms with E-state index in [0.717, 1.165) is 11.1 Å². The smallest absolute Gasteiger partial charge is 0.269 e. The molecule has 0 bridgehead atoms. The van der Waals surface area contributed by atoms with Crippen LogP contribution in [0, 0.1) is 12.8 Å². The van der Waals surface area contributed by atoms with E-state index >= 15 is 0 Å². The molecule has 0 aliphatic carbocycles. The molecule has 0 saturated heterocycles. The molecule has 0 radical (unpaired) electrons. The SMILES string of the molecule is CCC(C(=O)NCC(C)C)N(Cc1ccccc1C)C(=O)CN1C(=O)c2ccccc2S1(=O)=O. The van der Waals surface area contributed by atoms with Crippen molar-refractivity contribution >= 4 is 27.7 Å². The van der Waals surface area contributed by atoms with Gasteiger partial charge in [0.15, 0.2) is 0 Å². The Morgan fingerprint density at radius 3 is 2.32 bits per heavy atom. The number of aryl methyl sites for hydroxylation is 1. The summed E-state index contributed by atoms with van der Waals surface area (Å²) in [6.45, 7) is 7.55. The summed E-state index contributed by atoms with van der Waals surface area (Å²) in [5, 5.41) is 2.87. The first-order chi connectivity index (χ1) is 16.1. The molecule has 1 heterocycles. The lowest BCUT2D eigenvalue weighted by Crippen LogP contribution is -2.52. The molecule has 2 aromatic rings. The van der Waals surface area contributed by atoms with E-state index in [-0.39, 0.29) is 28.8 Å². The van der Waals surface area contributed by atoms with Crippen molar-refractivity contribution in [3.8, 4) is 0 Å². The predicted octanol–water partition coefficient (Wildman–Crippen LogP) is 2.72. The van der Waals surface area contributed by atoms with Gasteiger partial charge in [0.05, 0.1) is 5.56 Å². The molecule has 34 heavy (non-hydrogen) atoms. The van der Waals surface area contributed by atoms with E-state index in [1.807, 2.05) is 45.0 Å². The molecule has 1 N–H and O–H groups in total. The van der Waals surface area contributed by atoms with Crippen molar-refractivity contribution in [2.45, 2.75) is 51.6 Å². The zero-order valence-corrected chi connectivity index (χ0v) is 20.8. The van der Waals surface area contributed by atoms with Gasteiger partial charge >= 0.3 is 0 Å². The van der Waals surface area contributed by atoms with E-state index in [9.17, 15) is 22.8 Å². The van der Waals surface area contributed by atoms with Gasteiger partial charge in [0, 0.05) is 13.1 Å². The van der Waals surface area contributed by atoms with Crippen LogP contribution in [0.25, 0.3) is 0 Å². The third-order valence-electron chi connectivity index (χ3n) is 5.86. The lowest BCUT2D eigenvalue weighted by atomic mass is 10.1. The van der Waals surface area contributed by atoms with Crippen LogP contribution in [0.4, 0.5) is 0 Å². The minimum absolute atomic E-state index is 0.0440. The second kappa shape index (κ2) is 10.4. The van der Waals surface area contributed by atoms with Gasteiger partial charge in [-0.25, -0.2) is 12.7 Å². The van der Waals surface area contributed by atoms with Crippen molar-refractivity contribution in [1.82, 2.24) is 14.5 Å². The fraction of sp³-hybridized carbons (Fsp3) is 0.400. The molecule has 182 valence electrons. The highest BCUT2D eigenvalue weighted by Gasteiger charge is 2.43. The van der Waals surface area contributed by atoms with Crippen LogP contribution >= 0.6 is 0 Å². The van der Waals surface area contributed by atoms with Crippen LogP contribution < -0.4 is 5.32 Å². The number of fused-ring (bicyclic) bond motifs is 1. The molecule has 3 rings (SSSR count). The van der Waals surface area contributed by atoms with Crippen LogP contribution in [0.1, 0.15) is 48.7 Å². The van der Waals surface area contributed by atoms with Crippen LogP contribution in [0.2, 0.25) is 0 Å². The standard InChI is InChI=1S/C25H31N3O5S/c1-5-21(24(30)26-14-17(2)3)27(15-19-11-7-6-10-18(19)4)23(29)16-28-25(31)20-12-8-9-13-22(20)34(28,32)33/h6-13,17,21H,5,14-16H2,1-4H3,(H,26,30). The summed E-state index contributed by atoms with van der Waals surface area (Å²) in [6, 6.07) is 12.6. The first-order valence-corrected chi connectivity index (χ1v) is 12.8. The van der Waals surface area contributed by atoms with Crippen LogP contribution in [0.5, 0.6) is 0 Å². The molecule has 2 aromatic carbocycles. The molecular formula is C25H31N3O5S. The fourth-order valence-electron chi connectivity index (χ4n) is 3.91. The number of carbonyl (C=O) groups excluding carboxylic acids is 3. The molecule has 1 aliphatic rings. The molecule has 9 heteroatoms. The molecule has 0 aromatic heterocycles. The van der Waals surface area contributed by atoms with Gasteiger partial charge in [-0.15, -0.1) is 0 Å². The maximum atomic E-state index is 13.5. The third kappa shape index (κ3) is 5.14. The quantitative estimate of drug-likeness (QED) is 0.588. The lowest BCUT2D eigenvalue weighted by Gasteiger charge is -2.32. The number of amides is 3. The minimum atomic E-state index is -4.14. The van der Waals surface area contributed by atoms with E-state index < -0.39 is 34.4 Å². The topological polar surface area (TPSA) is 104 Å². The summed E-state index contributed by atoms with van der Waals surface area (Å²) in [5.41, 5.74) is 1.82. The van der Waals surface area contributed by atoms with Gasteiger partial charge in [0.2, 0.25) is 11.8 Å². The minimum Gasteiger partial charge on any atom is -0.354 e. The summed E-state index contributed by atoms with van der Waals surface area (Å²) in [6.07, 6.45) is 0.336. The lowest BCUT2D eigenvalue weighted by molar-refractivity contribution is -0.141. The van der Waals surface area contributed by atoms with Crippen LogP contribution in [-0.2, 0) is 26.2 Å². The summed E-state index contributed by atoms with van der Waals surface area (Å²) in [4.78, 5) is 40.6. The van der Waals surface area contributed by atoms with E-state index in [1.54, 1.807) is 13.0 Å². The van der Waals surface area contributed by atoms with E-state index in [2.05, 4.69) is 5.32 Å². The molecule has 8 nitrogen and oxygen atoms in total. The molecule has 1 unspecified atom stereocenters. The van der Waals surface area contributed by atoms with Gasteiger partial charge < -0.3 is 10.2 Å². The number of hydrogen-bond donors (Lipinski definition) is 1. The zero-order valence-electron chi connectivity index (χ0n) is 19.9. The van der Waals surface area contributed by atoms with E-state index in [4.69, 9.17) is 0 Å². The Hall–Kier alpha value is -3.20. The summed E-state index contributed by atoms with van der Waals surface area (Å²) >= 11 is 0. The first-order valence-electron chi connectivity index (χ1n) is 11.4. The Morgan fingerprint density at radius 2 is 1.71 bits per heavy atom. The molecular weight excluding hydrogens is 454 g/mol. The number of sulfonamides is 1. The predicted molar refractivity (Wildman–Crippen MR) is 128 cm³/mol. The normalized spacial score (nSPS) is 15.2. The van der Waals surface area contributed by atoms with Crippen molar-refractivity contribution in [2.24, 2.45) is 5.92 Å². The van der Waals surface area contributed by atoms with E-state index in [0.29, 0.717) is 17.3 Å². The maximum absolute atomic E-state index is 13.5. The number of nitrogens with zero attached hydrogens (tertiary/aromatic N) is 2. The Bertz CT molecular complexity index is 1190. The average Bonchev–Trinajstić information content (AvgIpc) is 2.99. The average molecular weight is 486 g/mol. The molecule has 1 aliphatic heterocycles. The van der Waals surface area contributed by atoms with Gasteiger partial charge in [-0.05, 0) is 42.5 Å². The number of rotatable bonds is 9. The summed E-state index contributed by atoms with van der Waals surface area (Å²) in [5.74, 6) is -1.43. The van der Waals surface area contributed by atoms with Crippen molar-refractivity contribution in [3.05, 3.63) is 65.2 Å². The highest BCUT2D eigenvalue weighted by Crippen LogP contribution is 2.30. The van der Waals surface area contributed by atoms with Gasteiger partial charge in [-0.3, -0.25) is 14.4 Å². The summed E-state index contributed by atoms with van der Waals surface area (Å²) < 4.78 is 26.5. The number of benzene rings is 2. The van der Waals surface area contributed by atoms with Crippen LogP contribution in [0.3, 0.4) is 0 Å². The second-order valence-electron chi connectivity index (χ2n) is 8.82. The molecule has 1 atom stereocenters. The highest BCUT2D eigenvalue weighted by molar-refractivity contribution is 7.90. The molecule has 3 amide bonds. The molecule has 0 spiro atoms.